The van der Waals surface area contributed by atoms with Gasteiger partial charge < -0.3 is 5.32 Å². The molecule has 0 aromatic carbocycles. The summed E-state index contributed by atoms with van der Waals surface area (Å²) in [7, 11) is -2.84. The van der Waals surface area contributed by atoms with Gasteiger partial charge in [0, 0.05) is 0 Å². The van der Waals surface area contributed by atoms with Crippen molar-refractivity contribution in [1.29, 1.82) is 0 Å². The second kappa shape index (κ2) is 5.75. The topological polar surface area (TPSA) is 89.8 Å². The lowest BCUT2D eigenvalue weighted by Gasteiger charge is -2.22. The number of nitrogens with zero attached hydrogens (tertiary/aromatic N) is 4. The van der Waals surface area contributed by atoms with Crippen LogP contribution in [0, 0.1) is 0 Å². The Morgan fingerprint density at radius 2 is 2.11 bits per heavy atom. The van der Waals surface area contributed by atoms with Crippen LogP contribution in [0.5, 0.6) is 0 Å². The minimum absolute atomic E-state index is 0.113. The number of sulfone groups is 1. The average molecular weight is 273 g/mol. The van der Waals surface area contributed by atoms with Crippen LogP contribution >= 0.6 is 0 Å². The minimum atomic E-state index is -2.84. The van der Waals surface area contributed by atoms with Crippen molar-refractivity contribution in [2.24, 2.45) is 0 Å². The molecule has 0 saturated carbocycles. The Morgan fingerprint density at radius 3 is 2.78 bits per heavy atom. The maximum atomic E-state index is 11.4. The Bertz CT molecular complexity index is 470. The van der Waals surface area contributed by atoms with Crippen LogP contribution in [0.15, 0.2) is 0 Å². The number of aromatic nitrogens is 4. The van der Waals surface area contributed by atoms with Crippen molar-refractivity contribution in [3.63, 3.8) is 0 Å². The van der Waals surface area contributed by atoms with Crippen LogP contribution in [0.3, 0.4) is 0 Å². The molecule has 2 heterocycles. The Hall–Kier alpha value is -1.02. The molecule has 2 rings (SSSR count). The van der Waals surface area contributed by atoms with E-state index in [1.165, 1.54) is 0 Å². The standard InChI is InChI=1S/C10H19N5O2S/c1-2-5-11-8-10-12-13-14-15(10)9-3-6-18(16,17)7-4-9/h9,11H,2-8H2,1H3. The summed E-state index contributed by atoms with van der Waals surface area (Å²) in [5.41, 5.74) is 0. The van der Waals surface area contributed by atoms with Crippen LogP contribution in [-0.2, 0) is 16.4 Å². The quantitative estimate of drug-likeness (QED) is 0.755. The predicted octanol–water partition coefficient (Wildman–Crippen LogP) is -0.0776. The molecule has 0 radical (unpaired) electrons. The summed E-state index contributed by atoms with van der Waals surface area (Å²) >= 11 is 0. The zero-order chi connectivity index (χ0) is 13.0. The summed E-state index contributed by atoms with van der Waals surface area (Å²) in [5, 5.41) is 14.9. The van der Waals surface area contributed by atoms with Gasteiger partial charge in [-0.1, -0.05) is 6.92 Å². The van der Waals surface area contributed by atoms with E-state index in [4.69, 9.17) is 0 Å². The first kappa shape index (κ1) is 13.4. The van der Waals surface area contributed by atoms with Gasteiger partial charge in [0.05, 0.1) is 24.1 Å². The van der Waals surface area contributed by atoms with Crippen molar-refractivity contribution < 1.29 is 8.42 Å². The molecule has 8 heteroatoms. The van der Waals surface area contributed by atoms with E-state index in [1.807, 2.05) is 0 Å². The smallest absolute Gasteiger partial charge is 0.165 e. The van der Waals surface area contributed by atoms with E-state index in [-0.39, 0.29) is 17.5 Å². The van der Waals surface area contributed by atoms with Gasteiger partial charge in [0.25, 0.3) is 0 Å². The summed E-state index contributed by atoms with van der Waals surface area (Å²) in [6, 6.07) is 0.113. The zero-order valence-corrected chi connectivity index (χ0v) is 11.4. The van der Waals surface area contributed by atoms with Crippen LogP contribution < -0.4 is 5.32 Å². The largest absolute Gasteiger partial charge is 0.310 e. The van der Waals surface area contributed by atoms with Crippen molar-refractivity contribution in [2.75, 3.05) is 18.1 Å². The van der Waals surface area contributed by atoms with Crippen molar-refractivity contribution >= 4 is 9.84 Å². The van der Waals surface area contributed by atoms with Gasteiger partial charge in [-0.3, -0.25) is 0 Å². The van der Waals surface area contributed by atoms with E-state index in [1.54, 1.807) is 4.68 Å². The number of hydrogen-bond donors (Lipinski definition) is 1. The molecule has 1 aromatic heterocycles. The molecule has 1 saturated heterocycles. The molecule has 7 nitrogen and oxygen atoms in total. The molecule has 0 unspecified atom stereocenters. The lowest BCUT2D eigenvalue weighted by atomic mass is 10.1. The summed E-state index contributed by atoms with van der Waals surface area (Å²) in [6.07, 6.45) is 2.27. The fraction of sp³-hybridized carbons (Fsp3) is 0.900. The zero-order valence-electron chi connectivity index (χ0n) is 10.5. The minimum Gasteiger partial charge on any atom is -0.310 e. The number of rotatable bonds is 5. The van der Waals surface area contributed by atoms with Crippen LogP contribution in [0.2, 0.25) is 0 Å². The van der Waals surface area contributed by atoms with Crippen LogP contribution in [0.4, 0.5) is 0 Å². The first-order chi connectivity index (χ1) is 8.62. The molecule has 0 bridgehead atoms. The van der Waals surface area contributed by atoms with Crippen molar-refractivity contribution in [2.45, 2.75) is 38.8 Å². The van der Waals surface area contributed by atoms with Gasteiger partial charge in [-0.25, -0.2) is 13.1 Å². The number of nitrogens with one attached hydrogen (secondary N) is 1. The Morgan fingerprint density at radius 1 is 1.39 bits per heavy atom. The number of tetrazole rings is 1. The van der Waals surface area contributed by atoms with Crippen LogP contribution in [0.25, 0.3) is 0 Å². The second-order valence-electron chi connectivity index (χ2n) is 4.60. The Balaban J connectivity index is 1.99. The summed E-state index contributed by atoms with van der Waals surface area (Å²) in [5.74, 6) is 1.26. The van der Waals surface area contributed by atoms with Crippen molar-refractivity contribution in [1.82, 2.24) is 25.5 Å². The van der Waals surface area contributed by atoms with E-state index >= 15 is 0 Å². The van der Waals surface area contributed by atoms with Crippen molar-refractivity contribution in [3.05, 3.63) is 5.82 Å². The van der Waals surface area contributed by atoms with E-state index in [0.717, 1.165) is 18.8 Å². The van der Waals surface area contributed by atoms with E-state index < -0.39 is 9.84 Å². The van der Waals surface area contributed by atoms with Gasteiger partial charge in [-0.2, -0.15) is 0 Å². The normalized spacial score (nSPS) is 20.1. The lowest BCUT2D eigenvalue weighted by Crippen LogP contribution is -2.28. The third-order valence-electron chi connectivity index (χ3n) is 3.14. The molecule has 102 valence electrons. The molecule has 1 N–H and O–H groups in total. The van der Waals surface area contributed by atoms with E-state index in [2.05, 4.69) is 27.8 Å². The van der Waals surface area contributed by atoms with Crippen molar-refractivity contribution in [3.8, 4) is 0 Å². The highest BCUT2D eigenvalue weighted by Gasteiger charge is 2.27. The van der Waals surface area contributed by atoms with Gasteiger partial charge >= 0.3 is 0 Å². The first-order valence-corrected chi connectivity index (χ1v) is 8.12. The van der Waals surface area contributed by atoms with Gasteiger partial charge in [0.15, 0.2) is 5.82 Å². The van der Waals surface area contributed by atoms with Gasteiger partial charge in [0.1, 0.15) is 9.84 Å². The van der Waals surface area contributed by atoms with Gasteiger partial charge in [-0.15, -0.1) is 5.10 Å². The van der Waals surface area contributed by atoms with Crippen LogP contribution in [-0.4, -0.2) is 46.7 Å². The van der Waals surface area contributed by atoms with Gasteiger partial charge in [-0.05, 0) is 36.2 Å². The molecule has 1 aliphatic rings. The fourth-order valence-electron chi connectivity index (χ4n) is 2.11. The summed E-state index contributed by atoms with van der Waals surface area (Å²) < 4.78 is 24.6. The molecule has 1 fully saturated rings. The summed E-state index contributed by atoms with van der Waals surface area (Å²) in [6.45, 7) is 3.65. The highest BCUT2D eigenvalue weighted by atomic mass is 32.2. The monoisotopic (exact) mass is 273 g/mol. The molecule has 1 aromatic rings. The Kier molecular flexibility index (Phi) is 4.28. The molecule has 18 heavy (non-hydrogen) atoms. The molecular weight excluding hydrogens is 254 g/mol. The van der Waals surface area contributed by atoms with Gasteiger partial charge in [0.2, 0.25) is 0 Å². The molecule has 0 aliphatic carbocycles. The van der Waals surface area contributed by atoms with E-state index in [0.29, 0.717) is 19.4 Å². The highest BCUT2D eigenvalue weighted by molar-refractivity contribution is 7.91. The molecule has 0 spiro atoms. The summed E-state index contributed by atoms with van der Waals surface area (Å²) in [4.78, 5) is 0. The number of hydrogen-bond acceptors (Lipinski definition) is 6. The Labute approximate surface area is 107 Å². The molecule has 1 aliphatic heterocycles. The first-order valence-electron chi connectivity index (χ1n) is 6.30. The maximum Gasteiger partial charge on any atom is 0.165 e. The third-order valence-corrected chi connectivity index (χ3v) is 4.86. The lowest BCUT2D eigenvalue weighted by molar-refractivity contribution is 0.388. The predicted molar refractivity (Wildman–Crippen MR) is 66.7 cm³/mol. The molecule has 0 atom stereocenters. The van der Waals surface area contributed by atoms with Crippen LogP contribution in [0.1, 0.15) is 38.1 Å². The maximum absolute atomic E-state index is 11.4. The second-order valence-corrected chi connectivity index (χ2v) is 6.90. The van der Waals surface area contributed by atoms with E-state index in [9.17, 15) is 8.42 Å². The highest BCUT2D eigenvalue weighted by Crippen LogP contribution is 2.23. The molecule has 0 amide bonds. The molecular formula is C10H19N5O2S. The fourth-order valence-corrected chi connectivity index (χ4v) is 3.58. The third kappa shape index (κ3) is 3.26. The SMILES string of the molecule is CCCNCc1nnnn1C1CCS(=O)(=O)CC1. The average Bonchev–Trinajstić information content (AvgIpc) is 2.78.